The zero-order valence-electron chi connectivity index (χ0n) is 18.2. The van der Waals surface area contributed by atoms with Gasteiger partial charge in [0.05, 0.1) is 5.75 Å². The smallest absolute Gasteiger partial charge is 0.319 e. The van der Waals surface area contributed by atoms with Crippen molar-refractivity contribution in [2.24, 2.45) is 0 Å². The van der Waals surface area contributed by atoms with Gasteiger partial charge in [-0.05, 0) is 55.3 Å². The standard InChI is InChI=1S/C23H30N4O4S/c1-24-32(30,31)16-18-9-7-17(8-10-18)15-25-23(29)27-21-13-11-19(12-14-21)22(28)26-20-5-3-2-4-6-20/h7-14,20,24H,2-6,15-16H2,1H3,(H,26,28)(H2,25,27,29). The fraction of sp³-hybridized carbons (Fsp3) is 0.391. The second-order valence-electron chi connectivity index (χ2n) is 7.97. The van der Waals surface area contributed by atoms with Crippen LogP contribution in [-0.4, -0.2) is 33.4 Å². The molecule has 0 saturated heterocycles. The van der Waals surface area contributed by atoms with Crippen molar-refractivity contribution in [2.45, 2.75) is 50.4 Å². The highest BCUT2D eigenvalue weighted by Crippen LogP contribution is 2.18. The number of sulfonamides is 1. The summed E-state index contributed by atoms with van der Waals surface area (Å²) in [5, 5.41) is 8.58. The Balaban J connectivity index is 1.45. The minimum absolute atomic E-state index is 0.0844. The van der Waals surface area contributed by atoms with Gasteiger partial charge >= 0.3 is 6.03 Å². The Kier molecular flexibility index (Phi) is 8.24. The molecule has 0 unspecified atom stereocenters. The lowest BCUT2D eigenvalue weighted by Gasteiger charge is -2.22. The van der Waals surface area contributed by atoms with Crippen LogP contribution in [0.5, 0.6) is 0 Å². The topological polar surface area (TPSA) is 116 Å². The molecule has 3 rings (SSSR count). The average molecular weight is 459 g/mol. The van der Waals surface area contributed by atoms with Crippen LogP contribution in [0.2, 0.25) is 0 Å². The van der Waals surface area contributed by atoms with Gasteiger partial charge in [0.2, 0.25) is 10.0 Å². The van der Waals surface area contributed by atoms with Crippen molar-refractivity contribution in [3.8, 4) is 0 Å². The van der Waals surface area contributed by atoms with Crippen LogP contribution in [0, 0.1) is 0 Å². The quantitative estimate of drug-likeness (QED) is 0.486. The van der Waals surface area contributed by atoms with Gasteiger partial charge in [0, 0.05) is 23.8 Å². The van der Waals surface area contributed by atoms with Crippen molar-refractivity contribution in [1.82, 2.24) is 15.4 Å². The molecule has 0 aliphatic heterocycles. The number of carbonyl (C=O) groups is 2. The summed E-state index contributed by atoms with van der Waals surface area (Å²) in [6.07, 6.45) is 5.62. The van der Waals surface area contributed by atoms with Gasteiger partial charge in [-0.15, -0.1) is 0 Å². The summed E-state index contributed by atoms with van der Waals surface area (Å²) in [5.41, 5.74) is 2.67. The number of hydrogen-bond acceptors (Lipinski definition) is 4. The number of carbonyl (C=O) groups excluding carboxylic acids is 2. The molecule has 2 aromatic rings. The molecule has 8 nitrogen and oxygen atoms in total. The molecule has 0 aromatic heterocycles. The van der Waals surface area contributed by atoms with E-state index >= 15 is 0 Å². The highest BCUT2D eigenvalue weighted by molar-refractivity contribution is 7.88. The SMILES string of the molecule is CNS(=O)(=O)Cc1ccc(CNC(=O)Nc2ccc(C(=O)NC3CCCCC3)cc2)cc1. The van der Waals surface area contributed by atoms with Crippen molar-refractivity contribution in [3.63, 3.8) is 0 Å². The Hall–Kier alpha value is -2.91. The van der Waals surface area contributed by atoms with Crippen LogP contribution in [0.3, 0.4) is 0 Å². The number of hydrogen-bond donors (Lipinski definition) is 4. The summed E-state index contributed by atoms with van der Waals surface area (Å²) in [4.78, 5) is 24.5. The van der Waals surface area contributed by atoms with E-state index in [1.165, 1.54) is 13.5 Å². The van der Waals surface area contributed by atoms with Crippen molar-refractivity contribution >= 4 is 27.6 Å². The van der Waals surface area contributed by atoms with E-state index in [4.69, 9.17) is 0 Å². The summed E-state index contributed by atoms with van der Waals surface area (Å²) in [6, 6.07) is 13.7. The molecule has 32 heavy (non-hydrogen) atoms. The fourth-order valence-electron chi connectivity index (χ4n) is 3.62. The Morgan fingerprint density at radius 1 is 0.906 bits per heavy atom. The van der Waals surface area contributed by atoms with E-state index in [-0.39, 0.29) is 23.7 Å². The Morgan fingerprint density at radius 2 is 1.53 bits per heavy atom. The summed E-state index contributed by atoms with van der Waals surface area (Å²) in [7, 11) is -1.94. The van der Waals surface area contributed by atoms with E-state index in [1.807, 2.05) is 0 Å². The minimum atomic E-state index is -3.32. The minimum Gasteiger partial charge on any atom is -0.349 e. The maximum atomic E-state index is 12.4. The zero-order chi connectivity index (χ0) is 23.0. The van der Waals surface area contributed by atoms with Crippen molar-refractivity contribution in [3.05, 3.63) is 65.2 Å². The third kappa shape index (κ3) is 7.35. The predicted molar refractivity (Wildman–Crippen MR) is 125 cm³/mol. The molecule has 0 heterocycles. The van der Waals surface area contributed by atoms with E-state index in [0.29, 0.717) is 23.4 Å². The molecule has 172 valence electrons. The molecule has 3 amide bonds. The maximum Gasteiger partial charge on any atom is 0.319 e. The van der Waals surface area contributed by atoms with E-state index < -0.39 is 10.0 Å². The lowest BCUT2D eigenvalue weighted by molar-refractivity contribution is 0.0927. The van der Waals surface area contributed by atoms with Crippen LogP contribution in [0.1, 0.15) is 53.6 Å². The molecule has 0 bridgehead atoms. The van der Waals surface area contributed by atoms with Gasteiger partial charge < -0.3 is 16.0 Å². The van der Waals surface area contributed by atoms with Gasteiger partial charge in [-0.1, -0.05) is 43.5 Å². The van der Waals surface area contributed by atoms with Gasteiger partial charge in [0.25, 0.3) is 5.91 Å². The summed E-state index contributed by atoms with van der Waals surface area (Å²) in [6.45, 7) is 0.298. The molecular formula is C23H30N4O4S. The van der Waals surface area contributed by atoms with Gasteiger partial charge in [-0.3, -0.25) is 4.79 Å². The molecule has 1 saturated carbocycles. The van der Waals surface area contributed by atoms with Crippen LogP contribution in [0.25, 0.3) is 0 Å². The first-order chi connectivity index (χ1) is 15.3. The number of urea groups is 1. The Bertz CT molecular complexity index is 1010. The molecule has 1 fully saturated rings. The van der Waals surface area contributed by atoms with E-state index in [0.717, 1.165) is 31.2 Å². The molecule has 1 aliphatic carbocycles. The summed E-state index contributed by atoms with van der Waals surface area (Å²) >= 11 is 0. The molecule has 1 aliphatic rings. The second kappa shape index (κ2) is 11.1. The molecule has 0 spiro atoms. The van der Waals surface area contributed by atoms with Gasteiger partial charge in [0.15, 0.2) is 0 Å². The van der Waals surface area contributed by atoms with Gasteiger partial charge in [-0.2, -0.15) is 0 Å². The monoisotopic (exact) mass is 458 g/mol. The Labute approximate surface area is 189 Å². The first kappa shape index (κ1) is 23.7. The molecule has 9 heteroatoms. The lowest BCUT2D eigenvalue weighted by Crippen LogP contribution is -2.36. The third-order valence-corrected chi connectivity index (χ3v) is 6.82. The summed E-state index contributed by atoms with van der Waals surface area (Å²) in [5.74, 6) is -0.175. The number of benzene rings is 2. The van der Waals surface area contributed by atoms with E-state index in [1.54, 1.807) is 48.5 Å². The molecule has 0 atom stereocenters. The first-order valence-corrected chi connectivity index (χ1v) is 12.4. The Morgan fingerprint density at radius 3 is 2.16 bits per heavy atom. The number of rotatable bonds is 8. The van der Waals surface area contributed by atoms with Crippen molar-refractivity contribution in [1.29, 1.82) is 0 Å². The number of anilines is 1. The number of amides is 3. The fourth-order valence-corrected chi connectivity index (χ4v) is 4.40. The van der Waals surface area contributed by atoms with Crippen LogP contribution >= 0.6 is 0 Å². The van der Waals surface area contributed by atoms with Gasteiger partial charge in [0.1, 0.15) is 0 Å². The molecular weight excluding hydrogens is 428 g/mol. The zero-order valence-corrected chi connectivity index (χ0v) is 19.0. The highest BCUT2D eigenvalue weighted by Gasteiger charge is 2.16. The van der Waals surface area contributed by atoms with Crippen molar-refractivity contribution in [2.75, 3.05) is 12.4 Å². The largest absolute Gasteiger partial charge is 0.349 e. The maximum absolute atomic E-state index is 12.4. The van der Waals surface area contributed by atoms with Crippen LogP contribution in [0.4, 0.5) is 10.5 Å². The molecule has 4 N–H and O–H groups in total. The first-order valence-electron chi connectivity index (χ1n) is 10.8. The van der Waals surface area contributed by atoms with Gasteiger partial charge in [-0.25, -0.2) is 17.9 Å². The average Bonchev–Trinajstić information content (AvgIpc) is 2.79. The predicted octanol–water partition coefficient (Wildman–Crippen LogP) is 3.12. The number of nitrogens with one attached hydrogen (secondary N) is 4. The second-order valence-corrected chi connectivity index (χ2v) is 9.90. The molecule has 2 aromatic carbocycles. The molecule has 0 radical (unpaired) electrons. The third-order valence-electron chi connectivity index (χ3n) is 5.49. The van der Waals surface area contributed by atoms with Crippen LogP contribution in [-0.2, 0) is 22.3 Å². The highest BCUT2D eigenvalue weighted by atomic mass is 32.2. The van der Waals surface area contributed by atoms with Crippen molar-refractivity contribution < 1.29 is 18.0 Å². The van der Waals surface area contributed by atoms with Crippen LogP contribution in [0.15, 0.2) is 48.5 Å². The summed E-state index contributed by atoms with van der Waals surface area (Å²) < 4.78 is 25.5. The van der Waals surface area contributed by atoms with E-state index in [9.17, 15) is 18.0 Å². The lowest BCUT2D eigenvalue weighted by atomic mass is 9.95. The van der Waals surface area contributed by atoms with E-state index in [2.05, 4.69) is 20.7 Å². The van der Waals surface area contributed by atoms with Crippen LogP contribution < -0.4 is 20.7 Å². The normalized spacial score (nSPS) is 14.5.